The molecule has 2 amide bonds. The van der Waals surface area contributed by atoms with E-state index in [9.17, 15) is 9.59 Å². The SMILES string of the molecule is C=CCNC(=O)C1CC1C(=O)Nc1c(C)cccc1CC. The molecule has 1 fully saturated rings. The highest BCUT2D eigenvalue weighted by Crippen LogP contribution is 2.40. The first-order valence-corrected chi connectivity index (χ1v) is 7.36. The third kappa shape index (κ3) is 3.51. The number of hydrogen-bond acceptors (Lipinski definition) is 2. The minimum Gasteiger partial charge on any atom is -0.352 e. The second-order valence-electron chi connectivity index (χ2n) is 5.43. The lowest BCUT2D eigenvalue weighted by molar-refractivity contribution is -0.125. The van der Waals surface area contributed by atoms with Gasteiger partial charge in [0.15, 0.2) is 0 Å². The van der Waals surface area contributed by atoms with Crippen LogP contribution in [0.5, 0.6) is 0 Å². The summed E-state index contributed by atoms with van der Waals surface area (Å²) >= 11 is 0. The van der Waals surface area contributed by atoms with Crippen molar-refractivity contribution in [1.29, 1.82) is 0 Å². The standard InChI is InChI=1S/C17H22N2O2/c1-4-9-18-16(20)13-10-14(13)17(21)19-15-11(3)7-6-8-12(15)5-2/h4,6-8,13-14H,1,5,9-10H2,2-3H3,(H,18,20)(H,19,21). The molecule has 2 atom stereocenters. The van der Waals surface area contributed by atoms with E-state index >= 15 is 0 Å². The average Bonchev–Trinajstić information content (AvgIpc) is 3.27. The first-order valence-electron chi connectivity index (χ1n) is 7.36. The van der Waals surface area contributed by atoms with Gasteiger partial charge in [-0.2, -0.15) is 0 Å². The number of amides is 2. The third-order valence-electron chi connectivity index (χ3n) is 3.87. The van der Waals surface area contributed by atoms with Crippen molar-refractivity contribution in [1.82, 2.24) is 5.32 Å². The van der Waals surface area contributed by atoms with Gasteiger partial charge >= 0.3 is 0 Å². The molecule has 0 spiro atoms. The molecular formula is C17H22N2O2. The number of carbonyl (C=O) groups is 2. The van der Waals surface area contributed by atoms with Gasteiger partial charge in [0, 0.05) is 12.2 Å². The van der Waals surface area contributed by atoms with Crippen LogP contribution in [0.25, 0.3) is 0 Å². The maximum atomic E-state index is 12.3. The Bertz CT molecular complexity index is 566. The van der Waals surface area contributed by atoms with Crippen molar-refractivity contribution in [3.8, 4) is 0 Å². The summed E-state index contributed by atoms with van der Waals surface area (Å²) in [6.07, 6.45) is 3.13. The molecule has 21 heavy (non-hydrogen) atoms. The van der Waals surface area contributed by atoms with Crippen LogP contribution in [-0.4, -0.2) is 18.4 Å². The summed E-state index contributed by atoms with van der Waals surface area (Å²) in [4.78, 5) is 24.1. The summed E-state index contributed by atoms with van der Waals surface area (Å²) in [5.41, 5.74) is 3.06. The van der Waals surface area contributed by atoms with Gasteiger partial charge in [-0.25, -0.2) is 0 Å². The zero-order valence-corrected chi connectivity index (χ0v) is 12.6. The van der Waals surface area contributed by atoms with Gasteiger partial charge in [0.2, 0.25) is 11.8 Å². The van der Waals surface area contributed by atoms with E-state index < -0.39 is 0 Å². The van der Waals surface area contributed by atoms with Crippen molar-refractivity contribution in [2.45, 2.75) is 26.7 Å². The average molecular weight is 286 g/mol. The number of para-hydroxylation sites is 1. The molecule has 0 radical (unpaired) electrons. The van der Waals surface area contributed by atoms with Gasteiger partial charge in [0.25, 0.3) is 0 Å². The molecule has 2 N–H and O–H groups in total. The summed E-state index contributed by atoms with van der Waals surface area (Å²) in [5, 5.41) is 5.73. The van der Waals surface area contributed by atoms with Gasteiger partial charge in [-0.15, -0.1) is 6.58 Å². The third-order valence-corrected chi connectivity index (χ3v) is 3.87. The highest BCUT2D eigenvalue weighted by Gasteiger charge is 2.47. The predicted octanol–water partition coefficient (Wildman–Crippen LogP) is 2.43. The van der Waals surface area contributed by atoms with E-state index in [2.05, 4.69) is 24.1 Å². The summed E-state index contributed by atoms with van der Waals surface area (Å²) in [5.74, 6) is -0.522. The van der Waals surface area contributed by atoms with E-state index in [1.54, 1.807) is 6.08 Å². The largest absolute Gasteiger partial charge is 0.352 e. The van der Waals surface area contributed by atoms with Gasteiger partial charge in [0.1, 0.15) is 0 Å². The topological polar surface area (TPSA) is 58.2 Å². The minimum atomic E-state index is -0.209. The Balaban J connectivity index is 1.98. The summed E-state index contributed by atoms with van der Waals surface area (Å²) in [6.45, 7) is 8.05. The van der Waals surface area contributed by atoms with Gasteiger partial charge in [-0.05, 0) is 30.9 Å². The number of carbonyl (C=O) groups excluding carboxylic acids is 2. The van der Waals surface area contributed by atoms with Crippen molar-refractivity contribution >= 4 is 17.5 Å². The van der Waals surface area contributed by atoms with Gasteiger partial charge < -0.3 is 10.6 Å². The Morgan fingerprint density at radius 3 is 2.71 bits per heavy atom. The molecule has 0 aromatic heterocycles. The van der Waals surface area contributed by atoms with Crippen LogP contribution in [0.1, 0.15) is 24.5 Å². The van der Waals surface area contributed by atoms with Crippen molar-refractivity contribution in [2.75, 3.05) is 11.9 Å². The van der Waals surface area contributed by atoms with Crippen LogP contribution in [0.3, 0.4) is 0 Å². The van der Waals surface area contributed by atoms with Gasteiger partial charge in [0.05, 0.1) is 11.8 Å². The van der Waals surface area contributed by atoms with Crippen LogP contribution in [0.4, 0.5) is 5.69 Å². The molecule has 4 nitrogen and oxygen atoms in total. The Kier molecular flexibility index (Phi) is 4.78. The molecule has 2 unspecified atom stereocenters. The molecule has 0 bridgehead atoms. The van der Waals surface area contributed by atoms with Crippen LogP contribution in [0.2, 0.25) is 0 Å². The Morgan fingerprint density at radius 1 is 1.33 bits per heavy atom. The fourth-order valence-electron chi connectivity index (χ4n) is 2.50. The molecule has 0 aliphatic heterocycles. The van der Waals surface area contributed by atoms with E-state index in [1.807, 2.05) is 25.1 Å². The summed E-state index contributed by atoms with van der Waals surface area (Å²) in [7, 11) is 0. The fourth-order valence-corrected chi connectivity index (χ4v) is 2.50. The zero-order chi connectivity index (χ0) is 15.4. The lowest BCUT2D eigenvalue weighted by atomic mass is 10.1. The highest BCUT2D eigenvalue weighted by molar-refractivity contribution is 6.00. The number of hydrogen-bond donors (Lipinski definition) is 2. The molecule has 1 aromatic carbocycles. The molecule has 1 aliphatic carbocycles. The van der Waals surface area contributed by atoms with Crippen LogP contribution in [0.15, 0.2) is 30.9 Å². The van der Waals surface area contributed by atoms with Crippen molar-refractivity contribution in [3.05, 3.63) is 42.0 Å². The first kappa shape index (κ1) is 15.3. The number of benzene rings is 1. The molecule has 112 valence electrons. The highest BCUT2D eigenvalue weighted by atomic mass is 16.2. The van der Waals surface area contributed by atoms with Gasteiger partial charge in [-0.3, -0.25) is 9.59 Å². The number of rotatable bonds is 6. The molecule has 0 heterocycles. The normalized spacial score (nSPS) is 19.7. The maximum absolute atomic E-state index is 12.3. The van der Waals surface area contributed by atoms with Gasteiger partial charge in [-0.1, -0.05) is 31.2 Å². The zero-order valence-electron chi connectivity index (χ0n) is 12.6. The first-order chi connectivity index (χ1) is 10.1. The number of anilines is 1. The van der Waals surface area contributed by atoms with E-state index in [-0.39, 0.29) is 23.7 Å². The van der Waals surface area contributed by atoms with Crippen molar-refractivity contribution in [3.63, 3.8) is 0 Å². The van der Waals surface area contributed by atoms with Crippen molar-refractivity contribution < 1.29 is 9.59 Å². The van der Waals surface area contributed by atoms with Crippen LogP contribution < -0.4 is 10.6 Å². The van der Waals surface area contributed by atoms with Crippen LogP contribution in [0, 0.1) is 18.8 Å². The van der Waals surface area contributed by atoms with Crippen LogP contribution >= 0.6 is 0 Å². The van der Waals surface area contributed by atoms with E-state index in [4.69, 9.17) is 0 Å². The summed E-state index contributed by atoms with van der Waals surface area (Å²) in [6, 6.07) is 5.99. The molecule has 4 heteroatoms. The molecular weight excluding hydrogens is 264 g/mol. The monoisotopic (exact) mass is 286 g/mol. The lowest BCUT2D eigenvalue weighted by Crippen LogP contribution is -2.27. The van der Waals surface area contributed by atoms with E-state index in [1.165, 1.54) is 0 Å². The van der Waals surface area contributed by atoms with E-state index in [0.29, 0.717) is 13.0 Å². The molecule has 1 saturated carbocycles. The summed E-state index contributed by atoms with van der Waals surface area (Å²) < 4.78 is 0. The number of aryl methyl sites for hydroxylation is 2. The Morgan fingerprint density at radius 2 is 2.05 bits per heavy atom. The maximum Gasteiger partial charge on any atom is 0.228 e. The molecule has 1 aromatic rings. The Hall–Kier alpha value is -2.10. The quantitative estimate of drug-likeness (QED) is 0.789. The second kappa shape index (κ2) is 6.57. The Labute approximate surface area is 125 Å². The van der Waals surface area contributed by atoms with E-state index in [0.717, 1.165) is 23.2 Å². The minimum absolute atomic E-state index is 0.0576. The fraction of sp³-hybridized carbons (Fsp3) is 0.412. The molecule has 0 saturated heterocycles. The lowest BCUT2D eigenvalue weighted by Gasteiger charge is -2.12. The molecule has 1 aliphatic rings. The number of nitrogens with one attached hydrogen (secondary N) is 2. The van der Waals surface area contributed by atoms with Crippen LogP contribution in [-0.2, 0) is 16.0 Å². The smallest absolute Gasteiger partial charge is 0.228 e. The predicted molar refractivity (Wildman–Crippen MR) is 84.0 cm³/mol. The second-order valence-corrected chi connectivity index (χ2v) is 5.43. The van der Waals surface area contributed by atoms with Crippen molar-refractivity contribution in [2.24, 2.45) is 11.8 Å². The molecule has 2 rings (SSSR count).